The lowest BCUT2D eigenvalue weighted by molar-refractivity contribution is -0.115. The molecule has 3 aromatic carbocycles. The summed E-state index contributed by atoms with van der Waals surface area (Å²) in [6.07, 6.45) is 24.7. The average molecular weight is 1540 g/mol. The van der Waals surface area contributed by atoms with Gasteiger partial charge in [0.1, 0.15) is 25.3 Å². The summed E-state index contributed by atoms with van der Waals surface area (Å²) in [5.41, 5.74) is 18.1. The van der Waals surface area contributed by atoms with Gasteiger partial charge in [-0.2, -0.15) is 26.7 Å². The lowest BCUT2D eigenvalue weighted by Gasteiger charge is -2.24. The third-order valence-electron chi connectivity index (χ3n) is 21.4. The van der Waals surface area contributed by atoms with Crippen molar-refractivity contribution >= 4 is 71.0 Å². The van der Waals surface area contributed by atoms with Crippen LogP contribution in [0.2, 0.25) is 19.6 Å². The average Bonchev–Trinajstić information content (AvgIpc) is 1.58. The Balaban J connectivity index is 0.000000139. The summed E-state index contributed by atoms with van der Waals surface area (Å²) in [6, 6.07) is 6.30. The number of nitrogens with two attached hydrogens (primary N) is 1. The number of tetrazole rings is 2. The first-order chi connectivity index (χ1) is 52.4. The molecule has 5 N–H and O–H groups in total. The Morgan fingerprint density at radius 2 is 0.891 bits per heavy atom. The summed E-state index contributed by atoms with van der Waals surface area (Å²) < 4.78 is 66.3. The van der Waals surface area contributed by atoms with Gasteiger partial charge in [-0.25, -0.2) is 18.7 Å². The molecule has 28 nitrogen and oxygen atoms in total. The van der Waals surface area contributed by atoms with E-state index in [0.29, 0.717) is 19.3 Å². The molecule has 7 aromatic rings. The number of hydrogen-bond acceptors (Lipinski definition) is 24. The molecule has 4 aromatic heterocycles. The van der Waals surface area contributed by atoms with E-state index in [-0.39, 0.29) is 52.5 Å². The highest BCUT2D eigenvalue weighted by atomic mass is 32.2. The molecule has 0 amide bonds. The highest BCUT2D eigenvalue weighted by Crippen LogP contribution is 2.53. The molecule has 6 heterocycles. The molecular formula is C77H90F3N19O9SSi. The van der Waals surface area contributed by atoms with Crippen LogP contribution in [0, 0.1) is 20.8 Å². The van der Waals surface area contributed by atoms with Gasteiger partial charge in [0.2, 0.25) is 8.32 Å². The highest BCUT2D eigenvalue weighted by Gasteiger charge is 2.50. The monoisotopic (exact) mass is 1540 g/mol. The maximum Gasteiger partial charge on any atom is 0.522 e. The molecule has 3 atom stereocenters. The molecule has 0 bridgehead atoms. The number of nitrogens with one attached hydrogen (secondary N) is 3. The van der Waals surface area contributed by atoms with Crippen LogP contribution in [0.5, 0.6) is 0 Å². The minimum Gasteiger partial charge on any atom is -0.391 e. The lowest BCUT2D eigenvalue weighted by Crippen LogP contribution is -2.36. The van der Waals surface area contributed by atoms with Crippen molar-refractivity contribution in [3.8, 4) is 0 Å². The van der Waals surface area contributed by atoms with E-state index in [2.05, 4.69) is 96.4 Å². The van der Waals surface area contributed by atoms with E-state index in [0.717, 1.165) is 242 Å². The summed E-state index contributed by atoms with van der Waals surface area (Å²) >= 11 is 0. The van der Waals surface area contributed by atoms with Gasteiger partial charge < -0.3 is 25.7 Å². The van der Waals surface area contributed by atoms with E-state index in [1.165, 1.54) is 42.5 Å². The van der Waals surface area contributed by atoms with Gasteiger partial charge in [-0.05, 0) is 234 Å². The normalized spacial score (nSPS) is 20.9. The Hall–Kier alpha value is -10.7. The number of hydrogen-bond donors (Lipinski definition) is 4. The van der Waals surface area contributed by atoms with Crippen LogP contribution in [0.15, 0.2) is 105 Å². The van der Waals surface area contributed by atoms with Gasteiger partial charge in [-0.15, -0.1) is 30.6 Å². The van der Waals surface area contributed by atoms with E-state index in [9.17, 15) is 50.4 Å². The number of carbonyl (C=O) groups excluding carboxylic acids is 6. The van der Waals surface area contributed by atoms with Gasteiger partial charge in [0.15, 0.2) is 46.3 Å². The third kappa shape index (κ3) is 15.6. The van der Waals surface area contributed by atoms with Crippen LogP contribution in [-0.2, 0) is 51.1 Å². The van der Waals surface area contributed by atoms with Gasteiger partial charge >= 0.3 is 15.6 Å². The first-order valence-electron chi connectivity index (χ1n) is 36.9. The van der Waals surface area contributed by atoms with E-state index < -0.39 is 23.9 Å². The van der Waals surface area contributed by atoms with Crippen molar-refractivity contribution in [2.45, 2.75) is 200 Å². The Bertz CT molecular complexity index is 5250. The zero-order valence-electron chi connectivity index (χ0n) is 63.7. The molecule has 3 unspecified atom stereocenters. The highest BCUT2D eigenvalue weighted by molar-refractivity contribution is 7.88. The Kier molecular flexibility index (Phi) is 23.0. The Morgan fingerprint density at radius 3 is 1.26 bits per heavy atom. The summed E-state index contributed by atoms with van der Waals surface area (Å²) in [7, 11) is -2.56. The molecule has 9 aliphatic rings. The number of ketones is 6. The first-order valence-corrected chi connectivity index (χ1v) is 41.7. The van der Waals surface area contributed by atoms with E-state index in [4.69, 9.17) is 10.9 Å². The van der Waals surface area contributed by atoms with E-state index in [1.807, 2.05) is 77.3 Å². The van der Waals surface area contributed by atoms with Crippen LogP contribution in [0.4, 0.5) is 13.2 Å². The van der Waals surface area contributed by atoms with Gasteiger partial charge in [-0.3, -0.25) is 28.8 Å². The molecular weight excluding hydrogens is 1450 g/mol. The van der Waals surface area contributed by atoms with Crippen LogP contribution in [0.1, 0.15) is 241 Å². The molecule has 16 rings (SSSR count). The zero-order chi connectivity index (χ0) is 79.0. The van der Waals surface area contributed by atoms with Crippen LogP contribution in [-0.4, -0.2) is 154 Å². The third-order valence-corrected chi connectivity index (χ3v) is 24.8. The van der Waals surface area contributed by atoms with E-state index >= 15 is 0 Å². The second-order valence-corrected chi connectivity index (χ2v) is 36.0. The van der Waals surface area contributed by atoms with Gasteiger partial charge in [0, 0.05) is 138 Å². The van der Waals surface area contributed by atoms with Crippen molar-refractivity contribution in [3.05, 3.63) is 195 Å². The van der Waals surface area contributed by atoms with Crippen LogP contribution in [0.25, 0.3) is 12.2 Å². The first kappa shape index (κ1) is 78.9. The summed E-state index contributed by atoms with van der Waals surface area (Å²) in [6.45, 7) is 17.6. The summed E-state index contributed by atoms with van der Waals surface area (Å²) in [5, 5.41) is 53.1. The standard InChI is InChI=1S/C25H27N9O.C23H25N5O2.C23H25NO3.C4H9F3O3SSi.C2H4N4/c1-14-10-18-23(16-6-5-9-34-20(11-16)29-31-32-34)22(15(2)26-3)25(35)24(18)17-7-4-8-19(21(14)17)30-33-12-27-28-13-33;1-12-10-16-21(14-6-5-9-28-18(11-14)25-26-27-28)20(13(2)24-3)23(30)22(16)15-7-4-8-17(29)19(12)15;1-12-10-17-21(14-6-4-7-15(25)11-14)20(13(2)24-3)23(27)22(17)16-8-5-9-18(26)19(12)16;1-12(2,3)10-11(8,9)4(5,6)7;3-6-1-4-5-2-6/h10-13,23,26H,4-9H2,1-3H3;10-11,21,24H,4-9H2,1-3H3;10-11,21,24H,4-9H2,1-3H3;1-3H3;1-2H,3H2/b22-15-,30-19+;2*20-13-;;. The van der Waals surface area contributed by atoms with Crippen LogP contribution >= 0.6 is 0 Å². The second kappa shape index (κ2) is 32.1. The molecule has 110 heavy (non-hydrogen) atoms. The number of alkyl halides is 3. The van der Waals surface area contributed by atoms with Gasteiger partial charge in [-0.1, -0.05) is 34.9 Å². The van der Waals surface area contributed by atoms with Crippen molar-refractivity contribution in [3.63, 3.8) is 0 Å². The van der Waals surface area contributed by atoms with Crippen molar-refractivity contribution in [2.75, 3.05) is 27.0 Å². The molecule has 0 radical (unpaired) electrons. The second-order valence-electron chi connectivity index (χ2n) is 29.7. The largest absolute Gasteiger partial charge is 0.522 e. The number of allylic oxidation sites excluding steroid dienone is 10. The van der Waals surface area contributed by atoms with Crippen molar-refractivity contribution in [2.24, 2.45) is 5.10 Å². The number of fused-ring (bicyclic) bond motifs is 11. The van der Waals surface area contributed by atoms with E-state index in [1.54, 1.807) is 23.4 Å². The molecule has 33 heteroatoms. The fourth-order valence-corrected chi connectivity index (χ4v) is 19.7. The number of aromatic nitrogens is 14. The lowest BCUT2D eigenvalue weighted by atomic mass is 9.79. The molecule has 578 valence electrons. The molecule has 0 fully saturated rings. The fourth-order valence-electron chi connectivity index (χ4n) is 16.7. The van der Waals surface area contributed by atoms with Crippen LogP contribution in [0.3, 0.4) is 0 Å². The van der Waals surface area contributed by atoms with Gasteiger partial charge in [0.05, 0.1) is 5.71 Å². The predicted molar refractivity (Wildman–Crippen MR) is 406 cm³/mol. The molecule has 2 aliphatic heterocycles. The quantitative estimate of drug-likeness (QED) is 0.0451. The molecule has 0 saturated carbocycles. The number of carbonyl (C=O) groups is 6. The summed E-state index contributed by atoms with van der Waals surface area (Å²) in [4.78, 5) is 78.6. The number of nitrogen functional groups attached to an aromatic ring is 1. The maximum absolute atomic E-state index is 14.1. The van der Waals surface area contributed by atoms with Crippen molar-refractivity contribution in [1.82, 2.24) is 86.1 Å². The molecule has 0 spiro atoms. The Labute approximate surface area is 635 Å². The number of nitrogens with zero attached hydrogens (tertiary/aromatic N) is 15. The minimum absolute atomic E-state index is 0.0201. The fraction of sp³-hybridized carbons (Fsp3) is 0.442. The summed E-state index contributed by atoms with van der Waals surface area (Å²) in [5.74, 6) is 6.77. The molecule has 7 aliphatic carbocycles. The number of Topliss-reactive ketones (excluding diaryl/α,β-unsaturated/α-hetero) is 5. The topological polar surface area (TPSA) is 369 Å². The number of benzene rings is 3. The Morgan fingerprint density at radius 1 is 0.518 bits per heavy atom. The number of aryl methyl sites for hydroxylation is 5. The van der Waals surface area contributed by atoms with Crippen LogP contribution < -0.4 is 21.8 Å². The van der Waals surface area contributed by atoms with Crippen molar-refractivity contribution < 1.29 is 54.2 Å². The minimum atomic E-state index is -5.39. The predicted octanol–water partition coefficient (Wildman–Crippen LogP) is 10.6. The number of rotatable bonds is 9. The van der Waals surface area contributed by atoms with Crippen molar-refractivity contribution in [1.29, 1.82) is 0 Å². The maximum atomic E-state index is 14.1. The zero-order valence-corrected chi connectivity index (χ0v) is 65.6. The smallest absolute Gasteiger partial charge is 0.391 e. The molecule has 0 saturated heterocycles. The van der Waals surface area contributed by atoms with Gasteiger partial charge in [0.25, 0.3) is 0 Å². The number of halogens is 3. The SMILES string of the molecule is CN/C(C)=C1\C(=O)c2c(cc(C)c3c2CCC/C3=N\n2cnnc2)C1C1=Cc2nnnn2CCC1.CN/C(C)=C1\C(=O)c2c(cc(C)c3c2CCCC3=O)C1C1=CC(=O)CCC1.CN/C(C)=C1\C(=O)c2c(cc(C)c3c2CCCC3=O)C1C1=Cc2nnnn2CCC1.C[Si](C)(C)OS(=O)(=O)C(F)(F)F.Nn1cnnc1.